The number of nitrogens with zero attached hydrogens (tertiary/aromatic N) is 4. The van der Waals surface area contributed by atoms with Crippen molar-refractivity contribution in [3.8, 4) is 5.88 Å². The van der Waals surface area contributed by atoms with Gasteiger partial charge in [0.05, 0.1) is 25.8 Å². The summed E-state index contributed by atoms with van der Waals surface area (Å²) in [4.78, 5) is 30.2. The maximum atomic E-state index is 12.2. The molecule has 0 saturated heterocycles. The lowest BCUT2D eigenvalue weighted by Gasteiger charge is -2.14. The summed E-state index contributed by atoms with van der Waals surface area (Å²) < 4.78 is 10.3. The number of rotatable bonds is 10. The first kappa shape index (κ1) is 23.5. The van der Waals surface area contributed by atoms with Crippen LogP contribution in [0.25, 0.3) is 17.1 Å². The van der Waals surface area contributed by atoms with Crippen molar-refractivity contribution < 1.29 is 14.3 Å². The molecule has 0 aliphatic rings. The lowest BCUT2D eigenvalue weighted by atomic mass is 9.98. The number of aromatic nitrogens is 4. The number of hydrogen-bond donors (Lipinski definition) is 0. The monoisotopic (exact) mass is 474 g/mol. The maximum absolute atomic E-state index is 12.2. The van der Waals surface area contributed by atoms with Gasteiger partial charge < -0.3 is 9.47 Å². The Morgan fingerprint density at radius 2 is 2.06 bits per heavy atom. The van der Waals surface area contributed by atoms with Crippen LogP contribution in [0.15, 0.2) is 60.2 Å². The van der Waals surface area contributed by atoms with Gasteiger partial charge in [-0.1, -0.05) is 12.1 Å². The van der Waals surface area contributed by atoms with E-state index in [1.54, 1.807) is 32.5 Å². The SMILES string of the molecule is CCOC(=O)CC(c1ccc(OC)nc1)c1nc(/C=C/CCc2ccc3cccnc3n2)cs1. The summed E-state index contributed by atoms with van der Waals surface area (Å²) in [7, 11) is 1.57. The van der Waals surface area contributed by atoms with E-state index >= 15 is 0 Å². The quantitative estimate of drug-likeness (QED) is 0.291. The Labute approximate surface area is 202 Å². The van der Waals surface area contributed by atoms with Gasteiger partial charge in [0.15, 0.2) is 5.65 Å². The number of thiazole rings is 1. The Morgan fingerprint density at radius 1 is 1.15 bits per heavy atom. The number of allylic oxidation sites excluding steroid dienone is 1. The minimum atomic E-state index is -0.256. The van der Waals surface area contributed by atoms with Crippen molar-refractivity contribution in [2.75, 3.05) is 13.7 Å². The van der Waals surface area contributed by atoms with Crippen LogP contribution >= 0.6 is 11.3 Å². The third-order valence-electron chi connectivity index (χ3n) is 5.26. The Hall–Kier alpha value is -3.65. The summed E-state index contributed by atoms with van der Waals surface area (Å²) in [5, 5.41) is 3.89. The highest BCUT2D eigenvalue weighted by Crippen LogP contribution is 2.31. The molecule has 1 unspecified atom stereocenters. The molecule has 7 nitrogen and oxygen atoms in total. The van der Waals surface area contributed by atoms with Gasteiger partial charge in [0.2, 0.25) is 5.88 Å². The highest BCUT2D eigenvalue weighted by atomic mass is 32.1. The molecule has 0 aliphatic carbocycles. The number of hydrogen-bond acceptors (Lipinski definition) is 8. The second kappa shape index (κ2) is 11.5. The van der Waals surface area contributed by atoms with E-state index in [0.29, 0.717) is 12.5 Å². The number of methoxy groups -OCH3 is 1. The van der Waals surface area contributed by atoms with Gasteiger partial charge in [-0.25, -0.2) is 19.9 Å². The topological polar surface area (TPSA) is 87.1 Å². The molecular formula is C26H26N4O3S. The fourth-order valence-corrected chi connectivity index (χ4v) is 4.47. The van der Waals surface area contributed by atoms with Crippen molar-refractivity contribution in [3.63, 3.8) is 0 Å². The molecule has 0 radical (unpaired) electrons. The van der Waals surface area contributed by atoms with Gasteiger partial charge in [-0.2, -0.15) is 0 Å². The average Bonchev–Trinajstić information content (AvgIpc) is 3.34. The summed E-state index contributed by atoms with van der Waals surface area (Å²) in [5.74, 6) is 0.0463. The highest BCUT2D eigenvalue weighted by molar-refractivity contribution is 7.09. The first-order valence-corrected chi connectivity index (χ1v) is 12.0. The number of aryl methyl sites for hydroxylation is 1. The number of carbonyl (C=O) groups excluding carboxylic acids is 1. The maximum Gasteiger partial charge on any atom is 0.306 e. The fourth-order valence-electron chi connectivity index (χ4n) is 3.56. The van der Waals surface area contributed by atoms with Crippen molar-refractivity contribution in [1.29, 1.82) is 0 Å². The molecule has 0 spiro atoms. The van der Waals surface area contributed by atoms with Crippen molar-refractivity contribution in [1.82, 2.24) is 19.9 Å². The van der Waals surface area contributed by atoms with Crippen molar-refractivity contribution in [2.45, 2.75) is 32.1 Å². The normalized spacial score (nSPS) is 12.2. The van der Waals surface area contributed by atoms with Gasteiger partial charge in [-0.05, 0) is 55.7 Å². The van der Waals surface area contributed by atoms with Crippen LogP contribution in [0.3, 0.4) is 0 Å². The molecule has 4 aromatic rings. The lowest BCUT2D eigenvalue weighted by Crippen LogP contribution is -2.12. The number of fused-ring (bicyclic) bond motifs is 1. The molecule has 1 atom stereocenters. The van der Waals surface area contributed by atoms with Crippen LogP contribution in [0.2, 0.25) is 0 Å². The molecule has 8 heteroatoms. The average molecular weight is 475 g/mol. The molecule has 0 amide bonds. The molecule has 0 aliphatic heterocycles. The van der Waals surface area contributed by atoms with Crippen molar-refractivity contribution in [2.24, 2.45) is 0 Å². The lowest BCUT2D eigenvalue weighted by molar-refractivity contribution is -0.143. The van der Waals surface area contributed by atoms with Crippen LogP contribution in [-0.2, 0) is 16.0 Å². The van der Waals surface area contributed by atoms with E-state index in [2.05, 4.69) is 27.1 Å². The van der Waals surface area contributed by atoms with Gasteiger partial charge in [0.1, 0.15) is 5.01 Å². The molecule has 0 bridgehead atoms. The molecule has 4 rings (SSSR count). The minimum absolute atomic E-state index is 0.209. The van der Waals surface area contributed by atoms with Crippen molar-refractivity contribution in [3.05, 3.63) is 82.2 Å². The molecule has 0 aromatic carbocycles. The number of esters is 1. The van der Waals surface area contributed by atoms with Crippen LogP contribution in [0, 0.1) is 0 Å². The Balaban J connectivity index is 1.43. The molecule has 34 heavy (non-hydrogen) atoms. The van der Waals surface area contributed by atoms with Crippen LogP contribution in [0.4, 0.5) is 0 Å². The van der Waals surface area contributed by atoms with Gasteiger partial charge in [-0.3, -0.25) is 4.79 Å². The summed E-state index contributed by atoms with van der Waals surface area (Å²) in [6.45, 7) is 2.15. The number of ether oxygens (including phenoxy) is 2. The number of carbonyl (C=O) groups is 1. The third-order valence-corrected chi connectivity index (χ3v) is 6.24. The molecule has 0 N–H and O–H groups in total. The van der Waals surface area contributed by atoms with E-state index in [1.165, 1.54) is 11.3 Å². The van der Waals surface area contributed by atoms with E-state index in [4.69, 9.17) is 14.5 Å². The van der Waals surface area contributed by atoms with E-state index < -0.39 is 0 Å². The van der Waals surface area contributed by atoms with E-state index in [9.17, 15) is 4.79 Å². The number of pyridine rings is 3. The standard InChI is InChI=1S/C26H26N4O3S/c1-3-33-24(31)15-22(19-11-13-23(32-2)28-16-19)26-30-21(17-34-26)9-5-4-8-20-12-10-18-7-6-14-27-25(18)29-20/h5-7,9-14,16-17,22H,3-4,8,15H2,1-2H3/b9-5+. The van der Waals surface area contributed by atoms with Crippen LogP contribution < -0.4 is 4.74 Å². The highest BCUT2D eigenvalue weighted by Gasteiger charge is 2.22. The van der Waals surface area contributed by atoms with Gasteiger partial charge >= 0.3 is 5.97 Å². The predicted octanol–water partition coefficient (Wildman–Crippen LogP) is 5.22. The fraction of sp³-hybridized carbons (Fsp3) is 0.269. The zero-order chi connectivity index (χ0) is 23.8. The molecule has 0 fully saturated rings. The van der Waals surface area contributed by atoms with Crippen LogP contribution in [0.5, 0.6) is 5.88 Å². The largest absolute Gasteiger partial charge is 0.481 e. The van der Waals surface area contributed by atoms with Crippen LogP contribution in [-0.4, -0.2) is 39.6 Å². The minimum Gasteiger partial charge on any atom is -0.481 e. The Kier molecular flexibility index (Phi) is 7.93. The second-order valence-electron chi connectivity index (χ2n) is 7.60. The van der Waals surface area contributed by atoms with Gasteiger partial charge in [-0.15, -0.1) is 11.3 Å². The molecular weight excluding hydrogens is 448 g/mol. The summed E-state index contributed by atoms with van der Waals surface area (Å²) >= 11 is 1.53. The summed E-state index contributed by atoms with van der Waals surface area (Å²) in [6.07, 6.45) is 9.46. The Morgan fingerprint density at radius 3 is 2.85 bits per heavy atom. The smallest absolute Gasteiger partial charge is 0.306 e. The Bertz CT molecular complexity index is 1270. The summed E-state index contributed by atoms with van der Waals surface area (Å²) in [5.41, 5.74) is 3.54. The van der Waals surface area contributed by atoms with Gasteiger partial charge in [0.25, 0.3) is 0 Å². The zero-order valence-electron chi connectivity index (χ0n) is 19.2. The molecule has 0 saturated carbocycles. The van der Waals surface area contributed by atoms with E-state index in [1.807, 2.05) is 35.7 Å². The third kappa shape index (κ3) is 6.02. The second-order valence-corrected chi connectivity index (χ2v) is 8.49. The van der Waals surface area contributed by atoms with Crippen molar-refractivity contribution >= 4 is 34.4 Å². The zero-order valence-corrected chi connectivity index (χ0v) is 20.0. The van der Waals surface area contributed by atoms with E-state index in [-0.39, 0.29) is 18.3 Å². The first-order valence-electron chi connectivity index (χ1n) is 11.1. The predicted molar refractivity (Wildman–Crippen MR) is 133 cm³/mol. The first-order chi connectivity index (χ1) is 16.7. The van der Waals surface area contributed by atoms with Crippen LogP contribution in [0.1, 0.15) is 47.6 Å². The molecule has 174 valence electrons. The molecule has 4 heterocycles. The van der Waals surface area contributed by atoms with Gasteiger partial charge in [0, 0.05) is 40.8 Å². The molecule has 4 aromatic heterocycles. The van der Waals surface area contributed by atoms with E-state index in [0.717, 1.165) is 45.8 Å². The summed E-state index contributed by atoms with van der Waals surface area (Å²) in [6, 6.07) is 11.7.